The molecule has 29 heavy (non-hydrogen) atoms. The van der Waals surface area contributed by atoms with E-state index in [2.05, 4.69) is 28.0 Å². The first-order valence-corrected chi connectivity index (χ1v) is 10.1. The molecule has 8 heteroatoms. The van der Waals surface area contributed by atoms with Crippen molar-refractivity contribution in [1.82, 2.24) is 19.5 Å². The second-order valence-electron chi connectivity index (χ2n) is 8.23. The van der Waals surface area contributed by atoms with E-state index in [1.54, 1.807) is 12.7 Å². The Balaban J connectivity index is 1.32. The zero-order valence-corrected chi connectivity index (χ0v) is 16.6. The van der Waals surface area contributed by atoms with Gasteiger partial charge in [-0.1, -0.05) is 6.92 Å². The van der Waals surface area contributed by atoms with Gasteiger partial charge in [-0.05, 0) is 49.7 Å². The molecule has 5 rings (SSSR count). The number of allylic oxidation sites excluding steroid dienone is 2. The molecule has 1 fully saturated rings. The molecule has 4 heterocycles. The topological polar surface area (TPSA) is 109 Å². The highest BCUT2D eigenvalue weighted by atomic mass is 16.6. The summed E-state index contributed by atoms with van der Waals surface area (Å²) < 4.78 is 13.7. The summed E-state index contributed by atoms with van der Waals surface area (Å²) in [4.78, 5) is 11.5. The van der Waals surface area contributed by atoms with Gasteiger partial charge >= 0.3 is 0 Å². The minimum atomic E-state index is -0.944. The summed E-state index contributed by atoms with van der Waals surface area (Å²) in [5.41, 5.74) is 3.63. The molecule has 0 unspecified atom stereocenters. The summed E-state index contributed by atoms with van der Waals surface area (Å²) >= 11 is 0. The molecule has 0 saturated heterocycles. The maximum atomic E-state index is 10.2. The number of aliphatic hydroxyl groups is 1. The lowest BCUT2D eigenvalue weighted by atomic mass is 9.76. The Morgan fingerprint density at radius 1 is 1.34 bits per heavy atom. The van der Waals surface area contributed by atoms with Gasteiger partial charge in [0.15, 0.2) is 11.1 Å². The zero-order valence-electron chi connectivity index (χ0n) is 16.6. The molecule has 2 aromatic rings. The summed E-state index contributed by atoms with van der Waals surface area (Å²) in [7, 11) is 0. The molecule has 0 aromatic carbocycles. The second-order valence-corrected chi connectivity index (χ2v) is 8.23. The summed E-state index contributed by atoms with van der Waals surface area (Å²) in [6.45, 7) is 4.88. The van der Waals surface area contributed by atoms with Crippen molar-refractivity contribution in [2.45, 2.75) is 52.0 Å². The predicted molar refractivity (Wildman–Crippen MR) is 105 cm³/mol. The first-order chi connectivity index (χ1) is 14.0. The number of aromatic amines is 1. The lowest BCUT2D eigenvalue weighted by Crippen LogP contribution is -2.34. The van der Waals surface area contributed by atoms with Crippen LogP contribution in [0.1, 0.15) is 33.1 Å². The second kappa shape index (κ2) is 6.88. The van der Waals surface area contributed by atoms with Gasteiger partial charge in [0.2, 0.25) is 6.29 Å². The Morgan fingerprint density at radius 2 is 2.21 bits per heavy atom. The normalized spacial score (nSPS) is 27.3. The number of hydrogen-bond acceptors (Lipinski definition) is 6. The quantitative estimate of drug-likeness (QED) is 0.740. The van der Waals surface area contributed by atoms with Crippen LogP contribution < -0.4 is 5.49 Å². The van der Waals surface area contributed by atoms with Gasteiger partial charge in [0.05, 0.1) is 18.2 Å². The van der Waals surface area contributed by atoms with Crippen LogP contribution in [-0.2, 0) is 16.0 Å². The highest BCUT2D eigenvalue weighted by molar-refractivity contribution is 5.68. The van der Waals surface area contributed by atoms with Crippen LogP contribution in [0.2, 0.25) is 0 Å². The Kier molecular flexibility index (Phi) is 4.31. The van der Waals surface area contributed by atoms with Gasteiger partial charge in [-0.3, -0.25) is 5.41 Å². The lowest BCUT2D eigenvalue weighted by molar-refractivity contribution is -0.0454. The summed E-state index contributed by atoms with van der Waals surface area (Å²) in [6.07, 6.45) is 9.34. The molecule has 0 amide bonds. The zero-order chi connectivity index (χ0) is 20.1. The van der Waals surface area contributed by atoms with E-state index in [4.69, 9.17) is 14.9 Å². The van der Waals surface area contributed by atoms with Gasteiger partial charge in [0.1, 0.15) is 23.1 Å². The number of ether oxygens (including phenoxy) is 2. The van der Waals surface area contributed by atoms with Crippen molar-refractivity contribution in [3.63, 3.8) is 0 Å². The highest BCUT2D eigenvalue weighted by Gasteiger charge is 2.36. The molecule has 2 aromatic heterocycles. The minimum Gasteiger partial charge on any atom is -0.485 e. The largest absolute Gasteiger partial charge is 0.485 e. The minimum absolute atomic E-state index is 0.0495. The smallest absolute Gasteiger partial charge is 0.227 e. The van der Waals surface area contributed by atoms with Crippen LogP contribution in [0.25, 0.3) is 11.2 Å². The van der Waals surface area contributed by atoms with Crippen molar-refractivity contribution >= 4 is 11.2 Å². The van der Waals surface area contributed by atoms with Crippen LogP contribution in [-0.4, -0.2) is 37.0 Å². The molecule has 0 bridgehead atoms. The molecule has 0 spiro atoms. The molecular weight excluding hydrogens is 370 g/mol. The molecule has 1 aliphatic carbocycles. The molecule has 4 atom stereocenters. The molecule has 3 aliphatic rings. The number of nitrogens with one attached hydrogen (secondary N) is 2. The first kappa shape index (κ1) is 18.2. The number of nitrogens with zero attached hydrogens (tertiary/aromatic N) is 3. The fourth-order valence-electron chi connectivity index (χ4n) is 4.64. The number of fused-ring (bicyclic) bond motifs is 2. The third-order valence-electron chi connectivity index (χ3n) is 6.27. The summed E-state index contributed by atoms with van der Waals surface area (Å²) in [5.74, 6) is 2.31. The molecule has 2 aliphatic heterocycles. The van der Waals surface area contributed by atoms with Gasteiger partial charge in [-0.25, -0.2) is 9.97 Å². The predicted octanol–water partition coefficient (Wildman–Crippen LogP) is 2.51. The van der Waals surface area contributed by atoms with Crippen LogP contribution >= 0.6 is 0 Å². The van der Waals surface area contributed by atoms with Gasteiger partial charge in [0, 0.05) is 12.6 Å². The fourth-order valence-corrected chi connectivity index (χ4v) is 4.64. The maximum absolute atomic E-state index is 10.2. The van der Waals surface area contributed by atoms with E-state index in [1.165, 1.54) is 5.57 Å². The first-order valence-electron chi connectivity index (χ1n) is 10.1. The van der Waals surface area contributed by atoms with Crippen LogP contribution in [0, 0.1) is 17.2 Å². The van der Waals surface area contributed by atoms with Crippen LogP contribution in [0.4, 0.5) is 0 Å². The average Bonchev–Trinajstić information content (AvgIpc) is 3.19. The number of imidazole rings is 1. The Morgan fingerprint density at radius 3 is 3.07 bits per heavy atom. The number of H-pyrrole nitrogens is 1. The maximum Gasteiger partial charge on any atom is 0.227 e. The monoisotopic (exact) mass is 395 g/mol. The van der Waals surface area contributed by atoms with Crippen molar-refractivity contribution in [3.05, 3.63) is 53.0 Å². The number of hydrogen-bond donors (Lipinski definition) is 3. The summed E-state index contributed by atoms with van der Waals surface area (Å²) in [5, 5.41) is 18.1. The van der Waals surface area contributed by atoms with Crippen molar-refractivity contribution in [2.75, 3.05) is 0 Å². The van der Waals surface area contributed by atoms with E-state index < -0.39 is 6.29 Å². The van der Waals surface area contributed by atoms with E-state index in [-0.39, 0.29) is 11.6 Å². The lowest BCUT2D eigenvalue weighted by Gasteiger charge is -2.39. The molecule has 8 nitrogen and oxygen atoms in total. The number of rotatable bonds is 3. The van der Waals surface area contributed by atoms with Crippen molar-refractivity contribution in [3.8, 4) is 0 Å². The molecular formula is C21H25N5O3. The Hall–Kier alpha value is -2.87. The van der Waals surface area contributed by atoms with Crippen LogP contribution in [0.5, 0.6) is 0 Å². The van der Waals surface area contributed by atoms with E-state index in [9.17, 15) is 5.11 Å². The molecule has 152 valence electrons. The third-order valence-corrected chi connectivity index (χ3v) is 6.27. The number of aliphatic hydroxyl groups excluding tert-OH is 1. The van der Waals surface area contributed by atoms with E-state index >= 15 is 0 Å². The van der Waals surface area contributed by atoms with Gasteiger partial charge in [0.25, 0.3) is 0 Å². The van der Waals surface area contributed by atoms with Gasteiger partial charge in [-0.2, -0.15) is 0 Å². The van der Waals surface area contributed by atoms with Gasteiger partial charge < -0.3 is 24.1 Å². The Labute approximate surface area is 168 Å². The summed E-state index contributed by atoms with van der Waals surface area (Å²) in [6, 6.07) is 0. The Bertz CT molecular complexity index is 1110. The van der Waals surface area contributed by atoms with Crippen molar-refractivity contribution in [2.24, 2.45) is 11.8 Å². The van der Waals surface area contributed by atoms with Gasteiger partial charge in [-0.15, -0.1) is 0 Å². The van der Waals surface area contributed by atoms with E-state index in [0.29, 0.717) is 23.1 Å². The van der Waals surface area contributed by atoms with Crippen molar-refractivity contribution in [1.29, 1.82) is 5.41 Å². The van der Waals surface area contributed by atoms with Crippen molar-refractivity contribution < 1.29 is 14.6 Å². The standard InChI is InChI=1S/C21H25N5O3/c1-11(8-26-10-25-19(22)18-20(26)24-9-23-18)13-3-4-14-6-15-17(29-16(14)7-13)5-12(2)28-21(15)27/h5-6,9-11,13,16,21-22,27H,3-4,7-8H2,1-2H3,(H,23,24)/t11-,13-,16-,21+/m0/s1. The fraction of sp³-hybridized carbons (Fsp3) is 0.476. The van der Waals surface area contributed by atoms with Crippen LogP contribution in [0.15, 0.2) is 47.5 Å². The molecule has 0 radical (unpaired) electrons. The molecule has 3 N–H and O–H groups in total. The average molecular weight is 395 g/mol. The SMILES string of the molecule is CC1=CC2=C(C=C3CC[C@H]([C@@H](C)Cn4cnc(=N)c5[nH]cnc54)C[C@@H]3O2)[C@H](O)O1. The van der Waals surface area contributed by atoms with E-state index in [1.807, 2.05) is 17.6 Å². The molecule has 1 saturated carbocycles. The highest BCUT2D eigenvalue weighted by Crippen LogP contribution is 2.41. The van der Waals surface area contributed by atoms with Crippen LogP contribution in [0.3, 0.4) is 0 Å². The van der Waals surface area contributed by atoms with E-state index in [0.717, 1.165) is 42.8 Å². The third kappa shape index (κ3) is 3.17. The number of aromatic nitrogens is 4.